The maximum atomic E-state index is 12.8. The van der Waals surface area contributed by atoms with Crippen LogP contribution in [0.5, 0.6) is 0 Å². The van der Waals surface area contributed by atoms with E-state index < -0.39 is 0 Å². The number of nitrogens with one attached hydrogen (secondary N) is 2. The van der Waals surface area contributed by atoms with Crippen LogP contribution in [-0.4, -0.2) is 29.9 Å². The van der Waals surface area contributed by atoms with Gasteiger partial charge in [-0.1, -0.05) is 54.9 Å². The number of aromatic nitrogens is 1. The van der Waals surface area contributed by atoms with E-state index in [2.05, 4.69) is 15.6 Å². The molecule has 0 fully saturated rings. The molecule has 0 unspecified atom stereocenters. The molecular formula is C21H20ClN3O2. The number of nitrogens with zero attached hydrogens (tertiary/aromatic N) is 1. The topological polar surface area (TPSA) is 71.1 Å². The first-order chi connectivity index (χ1) is 13.1. The highest BCUT2D eigenvalue weighted by Crippen LogP contribution is 2.29. The summed E-state index contributed by atoms with van der Waals surface area (Å²) in [7, 11) is 0. The lowest BCUT2D eigenvalue weighted by Crippen LogP contribution is -2.37. The number of hydrogen-bond donors (Lipinski definition) is 2. The Morgan fingerprint density at radius 3 is 2.56 bits per heavy atom. The van der Waals surface area contributed by atoms with E-state index in [-0.39, 0.29) is 18.4 Å². The fourth-order valence-electron chi connectivity index (χ4n) is 2.75. The Labute approximate surface area is 162 Å². The highest BCUT2D eigenvalue weighted by molar-refractivity contribution is 6.33. The summed E-state index contributed by atoms with van der Waals surface area (Å²) in [5.74, 6) is -0.538. The lowest BCUT2D eigenvalue weighted by Gasteiger charge is -2.11. The van der Waals surface area contributed by atoms with Crippen molar-refractivity contribution in [2.24, 2.45) is 0 Å². The average molecular weight is 382 g/mol. The van der Waals surface area contributed by atoms with Crippen molar-refractivity contribution in [2.75, 3.05) is 13.1 Å². The number of benzene rings is 2. The minimum atomic E-state index is -0.325. The number of carbonyl (C=O) groups excluding carboxylic acids is 2. The Morgan fingerprint density at radius 2 is 1.78 bits per heavy atom. The first kappa shape index (κ1) is 18.9. The van der Waals surface area contributed by atoms with E-state index in [1.165, 1.54) is 0 Å². The van der Waals surface area contributed by atoms with Crippen LogP contribution in [0.4, 0.5) is 0 Å². The third-order valence-corrected chi connectivity index (χ3v) is 4.42. The number of fused-ring (bicyclic) bond motifs is 1. The number of carbonyl (C=O) groups is 2. The maximum Gasteiger partial charge on any atom is 0.252 e. The second-order valence-electron chi connectivity index (χ2n) is 6.08. The zero-order chi connectivity index (χ0) is 19.2. The predicted octanol–water partition coefficient (Wildman–Crippen LogP) is 3.81. The van der Waals surface area contributed by atoms with Crippen LogP contribution < -0.4 is 10.6 Å². The maximum absolute atomic E-state index is 12.8. The number of pyridine rings is 1. The summed E-state index contributed by atoms with van der Waals surface area (Å²) in [6.07, 6.45) is 0.843. The summed E-state index contributed by atoms with van der Waals surface area (Å²) in [5.41, 5.74) is 2.51. The standard InChI is InChI=1S/C21H20ClN3O2/c1-2-11-23-20(26)13-24-21(27)16-12-19(15-8-3-5-9-17(15)22)25-18-10-6-4-7-14(16)18/h3-10,12H,2,11,13H2,1H3,(H,23,26)(H,24,27). The van der Waals surface area contributed by atoms with Crippen molar-refractivity contribution in [2.45, 2.75) is 13.3 Å². The summed E-state index contributed by atoms with van der Waals surface area (Å²) >= 11 is 6.30. The van der Waals surface area contributed by atoms with E-state index in [0.717, 1.165) is 17.4 Å². The van der Waals surface area contributed by atoms with Crippen molar-refractivity contribution in [1.82, 2.24) is 15.6 Å². The second kappa shape index (κ2) is 8.64. The van der Waals surface area contributed by atoms with E-state index in [4.69, 9.17) is 11.6 Å². The summed E-state index contributed by atoms with van der Waals surface area (Å²) < 4.78 is 0. The average Bonchev–Trinajstić information content (AvgIpc) is 2.70. The molecule has 2 amide bonds. The Hall–Kier alpha value is -2.92. The largest absolute Gasteiger partial charge is 0.355 e. The molecule has 0 aliphatic rings. The molecule has 0 bridgehead atoms. The van der Waals surface area contributed by atoms with Gasteiger partial charge in [0.25, 0.3) is 5.91 Å². The minimum absolute atomic E-state index is 0.0725. The van der Waals surface area contributed by atoms with Crippen molar-refractivity contribution >= 4 is 34.3 Å². The molecule has 6 heteroatoms. The quantitative estimate of drug-likeness (QED) is 0.682. The van der Waals surface area contributed by atoms with E-state index in [1.807, 2.05) is 49.4 Å². The Bertz CT molecular complexity index is 988. The molecule has 1 heterocycles. The monoisotopic (exact) mass is 381 g/mol. The minimum Gasteiger partial charge on any atom is -0.355 e. The van der Waals surface area contributed by atoms with Gasteiger partial charge in [-0.3, -0.25) is 9.59 Å². The number of amides is 2. The van der Waals surface area contributed by atoms with Crippen LogP contribution in [0.3, 0.4) is 0 Å². The van der Waals surface area contributed by atoms with Crippen LogP contribution in [0.15, 0.2) is 54.6 Å². The fourth-order valence-corrected chi connectivity index (χ4v) is 2.99. The van der Waals surface area contributed by atoms with Gasteiger partial charge in [-0.25, -0.2) is 4.98 Å². The molecule has 0 spiro atoms. The predicted molar refractivity (Wildman–Crippen MR) is 108 cm³/mol. The number of para-hydroxylation sites is 1. The molecule has 3 aromatic rings. The molecule has 1 aromatic heterocycles. The van der Waals surface area contributed by atoms with Gasteiger partial charge < -0.3 is 10.6 Å². The first-order valence-corrected chi connectivity index (χ1v) is 9.17. The smallest absolute Gasteiger partial charge is 0.252 e. The van der Waals surface area contributed by atoms with E-state index >= 15 is 0 Å². The third kappa shape index (κ3) is 4.44. The van der Waals surface area contributed by atoms with Crippen molar-refractivity contribution < 1.29 is 9.59 Å². The fraction of sp³-hybridized carbons (Fsp3) is 0.190. The van der Waals surface area contributed by atoms with Crippen molar-refractivity contribution in [3.63, 3.8) is 0 Å². The molecule has 0 atom stereocenters. The van der Waals surface area contributed by atoms with Gasteiger partial charge >= 0.3 is 0 Å². The summed E-state index contributed by atoms with van der Waals surface area (Å²) in [4.78, 5) is 29.2. The molecule has 5 nitrogen and oxygen atoms in total. The van der Waals surface area contributed by atoms with Gasteiger partial charge in [-0.15, -0.1) is 0 Å². The molecule has 0 radical (unpaired) electrons. The van der Waals surface area contributed by atoms with Gasteiger partial charge in [0.05, 0.1) is 23.3 Å². The van der Waals surface area contributed by atoms with Gasteiger partial charge in [-0.05, 0) is 24.6 Å². The molecule has 0 aliphatic carbocycles. The van der Waals surface area contributed by atoms with Gasteiger partial charge in [0.1, 0.15) is 0 Å². The summed E-state index contributed by atoms with van der Waals surface area (Å²) in [6.45, 7) is 2.48. The number of rotatable bonds is 6. The van der Waals surface area contributed by atoms with Crippen LogP contribution in [-0.2, 0) is 4.79 Å². The van der Waals surface area contributed by atoms with E-state index in [0.29, 0.717) is 28.3 Å². The number of halogens is 1. The van der Waals surface area contributed by atoms with Crippen LogP contribution in [0.2, 0.25) is 5.02 Å². The molecule has 3 rings (SSSR count). The molecule has 0 saturated carbocycles. The summed E-state index contributed by atoms with van der Waals surface area (Å²) in [5, 5.41) is 6.70. The van der Waals surface area contributed by atoms with Crippen molar-refractivity contribution in [3.8, 4) is 11.3 Å². The van der Waals surface area contributed by atoms with E-state index in [9.17, 15) is 9.59 Å². The molecule has 2 N–H and O–H groups in total. The molecule has 138 valence electrons. The first-order valence-electron chi connectivity index (χ1n) is 8.79. The van der Waals surface area contributed by atoms with Gasteiger partial charge in [0.2, 0.25) is 5.91 Å². The highest BCUT2D eigenvalue weighted by Gasteiger charge is 2.15. The molecule has 0 saturated heterocycles. The third-order valence-electron chi connectivity index (χ3n) is 4.09. The van der Waals surface area contributed by atoms with E-state index in [1.54, 1.807) is 12.1 Å². The SMILES string of the molecule is CCCNC(=O)CNC(=O)c1cc(-c2ccccc2Cl)nc2ccccc12. The molecule has 2 aromatic carbocycles. The second-order valence-corrected chi connectivity index (χ2v) is 6.49. The number of hydrogen-bond acceptors (Lipinski definition) is 3. The Kier molecular flexibility index (Phi) is 6.04. The van der Waals surface area contributed by atoms with Gasteiger partial charge in [0, 0.05) is 22.5 Å². The molecular weight excluding hydrogens is 362 g/mol. The Balaban J connectivity index is 1.95. The lowest BCUT2D eigenvalue weighted by atomic mass is 10.0. The van der Waals surface area contributed by atoms with Crippen LogP contribution in [0, 0.1) is 0 Å². The van der Waals surface area contributed by atoms with Gasteiger partial charge in [0.15, 0.2) is 0 Å². The zero-order valence-electron chi connectivity index (χ0n) is 15.0. The summed E-state index contributed by atoms with van der Waals surface area (Å²) in [6, 6.07) is 16.5. The molecule has 27 heavy (non-hydrogen) atoms. The lowest BCUT2D eigenvalue weighted by molar-refractivity contribution is -0.120. The van der Waals surface area contributed by atoms with Crippen LogP contribution >= 0.6 is 11.6 Å². The highest BCUT2D eigenvalue weighted by atomic mass is 35.5. The molecule has 0 aliphatic heterocycles. The van der Waals surface area contributed by atoms with Gasteiger partial charge in [-0.2, -0.15) is 0 Å². The van der Waals surface area contributed by atoms with Crippen molar-refractivity contribution in [3.05, 3.63) is 65.2 Å². The normalized spacial score (nSPS) is 10.6. The zero-order valence-corrected chi connectivity index (χ0v) is 15.7. The van der Waals surface area contributed by atoms with Crippen molar-refractivity contribution in [1.29, 1.82) is 0 Å². The van der Waals surface area contributed by atoms with Crippen LogP contribution in [0.25, 0.3) is 22.2 Å². The Morgan fingerprint density at radius 1 is 1.04 bits per heavy atom. The van der Waals surface area contributed by atoms with Crippen LogP contribution in [0.1, 0.15) is 23.7 Å².